The lowest BCUT2D eigenvalue weighted by Crippen LogP contribution is -1.93. The van der Waals surface area contributed by atoms with Gasteiger partial charge in [-0.3, -0.25) is 0 Å². The fraction of sp³-hybridized carbons (Fsp3) is 0.250. The molecule has 0 bridgehead atoms. The van der Waals surface area contributed by atoms with Crippen molar-refractivity contribution in [3.8, 4) is 0 Å². The molecule has 0 amide bonds. The summed E-state index contributed by atoms with van der Waals surface area (Å²) in [6.45, 7) is 2.12. The van der Waals surface area contributed by atoms with E-state index >= 15 is 0 Å². The molecule has 14 heavy (non-hydrogen) atoms. The SMILES string of the molecule is Cc1cccc(CCc2ncc[nH]2)c1. The van der Waals surface area contributed by atoms with Crippen LogP contribution in [0.15, 0.2) is 36.7 Å². The Bertz CT molecular complexity index is 390. The Balaban J connectivity index is 1.98. The van der Waals surface area contributed by atoms with Gasteiger partial charge in [0.2, 0.25) is 0 Å². The van der Waals surface area contributed by atoms with Crippen LogP contribution in [0.1, 0.15) is 17.0 Å². The molecule has 0 fully saturated rings. The van der Waals surface area contributed by atoms with E-state index in [1.165, 1.54) is 11.1 Å². The number of nitrogens with zero attached hydrogens (tertiary/aromatic N) is 1. The molecule has 0 radical (unpaired) electrons. The number of nitrogens with one attached hydrogen (secondary N) is 1. The molecule has 0 aliphatic carbocycles. The second-order valence-corrected chi connectivity index (χ2v) is 3.52. The van der Waals surface area contributed by atoms with Gasteiger partial charge in [-0.1, -0.05) is 29.8 Å². The van der Waals surface area contributed by atoms with Crippen LogP contribution >= 0.6 is 0 Å². The van der Waals surface area contributed by atoms with Gasteiger partial charge in [0.15, 0.2) is 0 Å². The highest BCUT2D eigenvalue weighted by Gasteiger charge is 1.96. The van der Waals surface area contributed by atoms with E-state index in [4.69, 9.17) is 0 Å². The summed E-state index contributed by atoms with van der Waals surface area (Å²) >= 11 is 0. The smallest absolute Gasteiger partial charge is 0.106 e. The van der Waals surface area contributed by atoms with Crippen molar-refractivity contribution in [3.63, 3.8) is 0 Å². The summed E-state index contributed by atoms with van der Waals surface area (Å²) in [4.78, 5) is 7.31. The topological polar surface area (TPSA) is 28.7 Å². The highest BCUT2D eigenvalue weighted by Crippen LogP contribution is 2.06. The van der Waals surface area contributed by atoms with Gasteiger partial charge in [-0.25, -0.2) is 4.98 Å². The highest BCUT2D eigenvalue weighted by atomic mass is 14.9. The fourth-order valence-electron chi connectivity index (χ4n) is 1.57. The standard InChI is InChI=1S/C12H14N2/c1-10-3-2-4-11(9-10)5-6-12-13-7-8-14-12/h2-4,7-9H,5-6H2,1H3,(H,13,14). The molecule has 0 atom stereocenters. The predicted octanol–water partition coefficient (Wildman–Crippen LogP) is 2.50. The van der Waals surface area contributed by atoms with Gasteiger partial charge in [0, 0.05) is 18.8 Å². The number of H-pyrrole nitrogens is 1. The van der Waals surface area contributed by atoms with Crippen LogP contribution in [0.3, 0.4) is 0 Å². The fourth-order valence-corrected chi connectivity index (χ4v) is 1.57. The second-order valence-electron chi connectivity index (χ2n) is 3.52. The van der Waals surface area contributed by atoms with E-state index in [2.05, 4.69) is 41.2 Å². The molecule has 2 nitrogen and oxygen atoms in total. The van der Waals surface area contributed by atoms with Gasteiger partial charge in [-0.05, 0) is 18.9 Å². The van der Waals surface area contributed by atoms with Crippen LogP contribution in [0.4, 0.5) is 0 Å². The van der Waals surface area contributed by atoms with E-state index < -0.39 is 0 Å². The zero-order chi connectivity index (χ0) is 9.80. The highest BCUT2D eigenvalue weighted by molar-refractivity contribution is 5.22. The number of hydrogen-bond acceptors (Lipinski definition) is 1. The van der Waals surface area contributed by atoms with E-state index in [0.717, 1.165) is 18.7 Å². The van der Waals surface area contributed by atoms with Crippen molar-refractivity contribution in [2.45, 2.75) is 19.8 Å². The maximum atomic E-state index is 4.20. The van der Waals surface area contributed by atoms with Crippen LogP contribution in [-0.2, 0) is 12.8 Å². The zero-order valence-corrected chi connectivity index (χ0v) is 8.33. The minimum atomic E-state index is 0.983. The Morgan fingerprint density at radius 1 is 1.29 bits per heavy atom. The molecule has 0 saturated heterocycles. The van der Waals surface area contributed by atoms with E-state index in [9.17, 15) is 0 Å². The van der Waals surface area contributed by atoms with Crippen LogP contribution in [0.5, 0.6) is 0 Å². The predicted molar refractivity (Wildman–Crippen MR) is 57.2 cm³/mol. The van der Waals surface area contributed by atoms with Crippen molar-refractivity contribution < 1.29 is 0 Å². The second kappa shape index (κ2) is 4.09. The van der Waals surface area contributed by atoms with Crippen molar-refractivity contribution >= 4 is 0 Å². The first-order valence-corrected chi connectivity index (χ1v) is 4.88. The number of aryl methyl sites for hydroxylation is 3. The summed E-state index contributed by atoms with van der Waals surface area (Å²) in [7, 11) is 0. The summed E-state index contributed by atoms with van der Waals surface area (Å²) in [6.07, 6.45) is 5.70. The van der Waals surface area contributed by atoms with Gasteiger partial charge >= 0.3 is 0 Å². The van der Waals surface area contributed by atoms with Crippen molar-refractivity contribution in [2.75, 3.05) is 0 Å². The maximum Gasteiger partial charge on any atom is 0.106 e. The molecule has 0 saturated carbocycles. The number of rotatable bonds is 3. The number of imidazole rings is 1. The molecule has 1 heterocycles. The Morgan fingerprint density at radius 3 is 2.93 bits per heavy atom. The minimum absolute atomic E-state index is 0.983. The number of aromatic nitrogens is 2. The summed E-state index contributed by atoms with van der Waals surface area (Å²) in [5.74, 6) is 1.06. The van der Waals surface area contributed by atoms with Crippen LogP contribution in [0.2, 0.25) is 0 Å². The summed E-state index contributed by atoms with van der Waals surface area (Å²) in [6, 6.07) is 8.61. The normalized spacial score (nSPS) is 10.4. The van der Waals surface area contributed by atoms with Gasteiger partial charge in [0.1, 0.15) is 5.82 Å². The molecule has 1 N–H and O–H groups in total. The molecule has 2 rings (SSSR count). The van der Waals surface area contributed by atoms with E-state index in [1.54, 1.807) is 6.20 Å². The monoisotopic (exact) mass is 186 g/mol. The van der Waals surface area contributed by atoms with Gasteiger partial charge in [-0.15, -0.1) is 0 Å². The molecule has 0 spiro atoms. The molecule has 2 aromatic rings. The first-order valence-electron chi connectivity index (χ1n) is 4.88. The Hall–Kier alpha value is -1.57. The Kier molecular flexibility index (Phi) is 2.63. The minimum Gasteiger partial charge on any atom is -0.349 e. The number of benzene rings is 1. The largest absolute Gasteiger partial charge is 0.349 e. The third kappa shape index (κ3) is 2.22. The molecule has 0 unspecified atom stereocenters. The lowest BCUT2D eigenvalue weighted by Gasteiger charge is -2.00. The summed E-state index contributed by atoms with van der Waals surface area (Å²) in [5.41, 5.74) is 2.70. The molecule has 72 valence electrons. The molecule has 0 aliphatic rings. The average molecular weight is 186 g/mol. The van der Waals surface area contributed by atoms with Crippen LogP contribution in [-0.4, -0.2) is 9.97 Å². The maximum absolute atomic E-state index is 4.20. The molecule has 1 aromatic heterocycles. The van der Waals surface area contributed by atoms with Gasteiger partial charge in [0.25, 0.3) is 0 Å². The molecule has 0 aliphatic heterocycles. The van der Waals surface area contributed by atoms with E-state index in [1.807, 2.05) is 6.20 Å². The summed E-state index contributed by atoms with van der Waals surface area (Å²) in [5, 5.41) is 0. The Morgan fingerprint density at radius 2 is 2.21 bits per heavy atom. The molecular weight excluding hydrogens is 172 g/mol. The quantitative estimate of drug-likeness (QED) is 0.783. The number of aromatic amines is 1. The van der Waals surface area contributed by atoms with Crippen molar-refractivity contribution in [1.29, 1.82) is 0 Å². The average Bonchev–Trinajstić information content (AvgIpc) is 2.67. The van der Waals surface area contributed by atoms with Crippen molar-refractivity contribution in [2.24, 2.45) is 0 Å². The van der Waals surface area contributed by atoms with Crippen molar-refractivity contribution in [1.82, 2.24) is 9.97 Å². The Labute approximate surface area is 84.0 Å². The lowest BCUT2D eigenvalue weighted by molar-refractivity contribution is 0.883. The third-order valence-corrected chi connectivity index (χ3v) is 2.29. The first kappa shape index (κ1) is 9.00. The molecule has 2 heteroatoms. The van der Waals surface area contributed by atoms with Gasteiger partial charge in [-0.2, -0.15) is 0 Å². The molecule has 1 aromatic carbocycles. The molecular formula is C12H14N2. The zero-order valence-electron chi connectivity index (χ0n) is 8.33. The third-order valence-electron chi connectivity index (χ3n) is 2.29. The van der Waals surface area contributed by atoms with Crippen molar-refractivity contribution in [3.05, 3.63) is 53.6 Å². The van der Waals surface area contributed by atoms with Gasteiger partial charge < -0.3 is 4.98 Å². The van der Waals surface area contributed by atoms with E-state index in [-0.39, 0.29) is 0 Å². The number of hydrogen-bond donors (Lipinski definition) is 1. The van der Waals surface area contributed by atoms with Crippen LogP contribution in [0, 0.1) is 6.92 Å². The first-order chi connectivity index (χ1) is 6.84. The van der Waals surface area contributed by atoms with Gasteiger partial charge in [0.05, 0.1) is 0 Å². The van der Waals surface area contributed by atoms with Crippen LogP contribution in [0.25, 0.3) is 0 Å². The lowest BCUT2D eigenvalue weighted by atomic mass is 10.1. The summed E-state index contributed by atoms with van der Waals surface area (Å²) < 4.78 is 0. The van der Waals surface area contributed by atoms with E-state index in [0.29, 0.717) is 0 Å². The van der Waals surface area contributed by atoms with Crippen LogP contribution < -0.4 is 0 Å².